The number of carbonyl (C=O) groups is 1. The zero-order valence-electron chi connectivity index (χ0n) is 13.8. The lowest BCUT2D eigenvalue weighted by Gasteiger charge is -2.29. The minimum Gasteiger partial charge on any atom is -0.352 e. The van der Waals surface area contributed by atoms with Crippen LogP contribution in [0.5, 0.6) is 0 Å². The molecular formula is C19H29ClN2O. The van der Waals surface area contributed by atoms with Gasteiger partial charge < -0.3 is 10.6 Å². The van der Waals surface area contributed by atoms with Crippen LogP contribution >= 0.6 is 12.4 Å². The number of halogens is 1. The van der Waals surface area contributed by atoms with E-state index in [1.165, 1.54) is 37.7 Å². The van der Waals surface area contributed by atoms with E-state index in [2.05, 4.69) is 41.0 Å². The summed E-state index contributed by atoms with van der Waals surface area (Å²) in [6.45, 7) is 2.03. The quantitative estimate of drug-likeness (QED) is 0.881. The van der Waals surface area contributed by atoms with Crippen LogP contribution in [0.2, 0.25) is 0 Å². The molecule has 0 radical (unpaired) electrons. The maximum Gasteiger partial charge on any atom is 0.220 e. The fourth-order valence-corrected chi connectivity index (χ4v) is 3.95. The number of carbonyl (C=O) groups excluding carboxylic acids is 1. The minimum absolute atomic E-state index is 0. The largest absolute Gasteiger partial charge is 0.352 e. The van der Waals surface area contributed by atoms with Gasteiger partial charge in [-0.05, 0) is 62.5 Å². The molecule has 1 unspecified atom stereocenters. The smallest absolute Gasteiger partial charge is 0.220 e. The van der Waals surface area contributed by atoms with Gasteiger partial charge in [-0.15, -0.1) is 12.4 Å². The van der Waals surface area contributed by atoms with Gasteiger partial charge in [0.1, 0.15) is 0 Å². The molecule has 1 heterocycles. The molecule has 4 heteroatoms. The Kier molecular flexibility index (Phi) is 7.38. The van der Waals surface area contributed by atoms with Crippen molar-refractivity contribution in [1.82, 2.24) is 10.6 Å². The number of hydrogen-bond donors (Lipinski definition) is 2. The second kappa shape index (κ2) is 9.29. The highest BCUT2D eigenvalue weighted by atomic mass is 35.5. The molecule has 2 N–H and O–H groups in total. The predicted octanol–water partition coefficient (Wildman–Crippen LogP) is 3.64. The average Bonchev–Trinajstić information content (AvgIpc) is 2.57. The summed E-state index contributed by atoms with van der Waals surface area (Å²) >= 11 is 0. The molecule has 1 aromatic rings. The molecule has 3 nitrogen and oxygen atoms in total. The number of amides is 1. The van der Waals surface area contributed by atoms with Crippen LogP contribution in [-0.2, 0) is 4.79 Å². The first-order chi connectivity index (χ1) is 10.8. The van der Waals surface area contributed by atoms with Gasteiger partial charge in [-0.3, -0.25) is 4.79 Å². The van der Waals surface area contributed by atoms with Crippen molar-refractivity contribution in [3.05, 3.63) is 35.9 Å². The monoisotopic (exact) mass is 336 g/mol. The van der Waals surface area contributed by atoms with Crippen LogP contribution in [0.3, 0.4) is 0 Å². The summed E-state index contributed by atoms with van der Waals surface area (Å²) in [5.41, 5.74) is 1.47. The standard InChI is InChI=1S/C19H28N2O.ClH/c22-19(21-18-7-4-12-20-14-18)13-15-8-10-17(11-9-15)16-5-2-1-3-6-16;/h1-3,5-6,15,17-18,20H,4,7-14H2,(H,21,22);1H. The average molecular weight is 337 g/mol. The Balaban J connectivity index is 0.00000192. The summed E-state index contributed by atoms with van der Waals surface area (Å²) in [6.07, 6.45) is 7.86. The van der Waals surface area contributed by atoms with Crippen molar-refractivity contribution in [2.24, 2.45) is 5.92 Å². The fraction of sp³-hybridized carbons (Fsp3) is 0.632. The molecule has 3 rings (SSSR count). The van der Waals surface area contributed by atoms with Crippen molar-refractivity contribution in [1.29, 1.82) is 0 Å². The number of benzene rings is 1. The van der Waals surface area contributed by atoms with Gasteiger partial charge in [-0.2, -0.15) is 0 Å². The normalized spacial score (nSPS) is 27.7. The van der Waals surface area contributed by atoms with E-state index < -0.39 is 0 Å². The topological polar surface area (TPSA) is 41.1 Å². The lowest BCUT2D eigenvalue weighted by molar-refractivity contribution is -0.123. The molecule has 1 aliphatic heterocycles. The second-order valence-electron chi connectivity index (χ2n) is 6.94. The predicted molar refractivity (Wildman–Crippen MR) is 97.0 cm³/mol. The Morgan fingerprint density at radius 1 is 1.09 bits per heavy atom. The lowest BCUT2D eigenvalue weighted by Crippen LogP contribution is -2.46. The van der Waals surface area contributed by atoms with Gasteiger partial charge in [0.05, 0.1) is 0 Å². The molecule has 1 saturated heterocycles. The van der Waals surface area contributed by atoms with Crippen molar-refractivity contribution in [2.75, 3.05) is 13.1 Å². The first kappa shape index (κ1) is 18.3. The Morgan fingerprint density at radius 3 is 2.48 bits per heavy atom. The van der Waals surface area contributed by atoms with Gasteiger partial charge in [0.25, 0.3) is 0 Å². The molecule has 0 aromatic heterocycles. The number of hydrogen-bond acceptors (Lipinski definition) is 2. The van der Waals surface area contributed by atoms with Crippen molar-refractivity contribution in [3.63, 3.8) is 0 Å². The Bertz CT molecular complexity index is 466. The van der Waals surface area contributed by atoms with Crippen molar-refractivity contribution >= 4 is 18.3 Å². The first-order valence-corrected chi connectivity index (χ1v) is 8.86. The molecule has 2 aliphatic rings. The van der Waals surface area contributed by atoms with Gasteiger partial charge in [-0.25, -0.2) is 0 Å². The number of rotatable bonds is 4. The van der Waals surface area contributed by atoms with Crippen LogP contribution in [0.4, 0.5) is 0 Å². The molecular weight excluding hydrogens is 308 g/mol. The Hall–Kier alpha value is -1.06. The zero-order valence-corrected chi connectivity index (χ0v) is 14.6. The zero-order chi connectivity index (χ0) is 15.2. The van der Waals surface area contributed by atoms with E-state index in [-0.39, 0.29) is 18.3 Å². The summed E-state index contributed by atoms with van der Waals surface area (Å²) in [5, 5.41) is 6.56. The molecule has 1 aromatic carbocycles. The highest BCUT2D eigenvalue weighted by Gasteiger charge is 2.25. The molecule has 128 valence electrons. The highest BCUT2D eigenvalue weighted by Crippen LogP contribution is 2.36. The summed E-state index contributed by atoms with van der Waals surface area (Å²) < 4.78 is 0. The third-order valence-electron chi connectivity index (χ3n) is 5.25. The Morgan fingerprint density at radius 2 is 1.83 bits per heavy atom. The molecule has 1 aliphatic carbocycles. The van der Waals surface area contributed by atoms with Crippen LogP contribution in [0.15, 0.2) is 30.3 Å². The van der Waals surface area contributed by atoms with E-state index in [4.69, 9.17) is 0 Å². The number of nitrogens with one attached hydrogen (secondary N) is 2. The van der Waals surface area contributed by atoms with Crippen LogP contribution in [0.25, 0.3) is 0 Å². The highest BCUT2D eigenvalue weighted by molar-refractivity contribution is 5.85. The summed E-state index contributed by atoms with van der Waals surface area (Å²) in [4.78, 5) is 12.2. The minimum atomic E-state index is 0. The van der Waals surface area contributed by atoms with Crippen LogP contribution in [-0.4, -0.2) is 25.0 Å². The van der Waals surface area contributed by atoms with E-state index >= 15 is 0 Å². The molecule has 1 amide bonds. The SMILES string of the molecule is Cl.O=C(CC1CCC(c2ccccc2)CC1)NC1CCCNC1. The maximum absolute atomic E-state index is 12.2. The third kappa shape index (κ3) is 5.50. The second-order valence-corrected chi connectivity index (χ2v) is 6.94. The Labute approximate surface area is 146 Å². The molecule has 0 spiro atoms. The summed E-state index contributed by atoms with van der Waals surface area (Å²) in [6, 6.07) is 11.2. The first-order valence-electron chi connectivity index (χ1n) is 8.86. The molecule has 23 heavy (non-hydrogen) atoms. The lowest BCUT2D eigenvalue weighted by atomic mass is 9.77. The molecule has 1 atom stereocenters. The van der Waals surface area contributed by atoms with Crippen LogP contribution < -0.4 is 10.6 Å². The maximum atomic E-state index is 12.2. The fourth-order valence-electron chi connectivity index (χ4n) is 3.95. The summed E-state index contributed by atoms with van der Waals surface area (Å²) in [5.74, 6) is 1.54. The van der Waals surface area contributed by atoms with Gasteiger partial charge in [0.15, 0.2) is 0 Å². The van der Waals surface area contributed by atoms with Crippen molar-refractivity contribution in [2.45, 2.75) is 56.9 Å². The van der Waals surface area contributed by atoms with Crippen LogP contribution in [0.1, 0.15) is 56.4 Å². The number of piperidine rings is 1. The molecule has 2 fully saturated rings. The van der Waals surface area contributed by atoms with E-state index in [1.54, 1.807) is 0 Å². The van der Waals surface area contributed by atoms with Crippen LogP contribution in [0, 0.1) is 5.92 Å². The van der Waals surface area contributed by atoms with E-state index in [9.17, 15) is 4.79 Å². The van der Waals surface area contributed by atoms with Crippen molar-refractivity contribution in [3.8, 4) is 0 Å². The van der Waals surface area contributed by atoms with Gasteiger partial charge in [-0.1, -0.05) is 30.3 Å². The van der Waals surface area contributed by atoms with Crippen molar-refractivity contribution < 1.29 is 4.79 Å². The summed E-state index contributed by atoms with van der Waals surface area (Å²) in [7, 11) is 0. The third-order valence-corrected chi connectivity index (χ3v) is 5.25. The van der Waals surface area contributed by atoms with E-state index in [0.29, 0.717) is 17.9 Å². The van der Waals surface area contributed by atoms with E-state index in [1.807, 2.05) is 0 Å². The van der Waals surface area contributed by atoms with Gasteiger partial charge >= 0.3 is 0 Å². The van der Waals surface area contributed by atoms with Gasteiger partial charge in [0.2, 0.25) is 5.91 Å². The van der Waals surface area contributed by atoms with Gasteiger partial charge in [0, 0.05) is 19.0 Å². The molecule has 0 bridgehead atoms. The van der Waals surface area contributed by atoms with E-state index in [0.717, 1.165) is 25.9 Å². The molecule has 1 saturated carbocycles.